The monoisotopic (exact) mass is 334 g/mol. The summed E-state index contributed by atoms with van der Waals surface area (Å²) in [5, 5.41) is 5.84. The lowest BCUT2D eigenvalue weighted by Crippen LogP contribution is -2.41. The van der Waals surface area contributed by atoms with E-state index in [4.69, 9.17) is 11.6 Å². The summed E-state index contributed by atoms with van der Waals surface area (Å²) >= 11 is 7.68. The Bertz CT molecular complexity index is 653. The summed E-state index contributed by atoms with van der Waals surface area (Å²) in [6, 6.07) is 10.0. The maximum atomic E-state index is 12.2. The molecule has 1 atom stereocenters. The van der Waals surface area contributed by atoms with Crippen molar-refractivity contribution in [2.24, 2.45) is 0 Å². The quantitative estimate of drug-likeness (QED) is 0.925. The summed E-state index contributed by atoms with van der Waals surface area (Å²) in [6.07, 6.45) is 1.04. The first kappa shape index (κ1) is 15.5. The van der Waals surface area contributed by atoms with Crippen LogP contribution in [0, 0.1) is 0 Å². The second-order valence-corrected chi connectivity index (χ2v) is 7.04. The van der Waals surface area contributed by atoms with Crippen LogP contribution in [0.2, 0.25) is 5.02 Å². The smallest absolute Gasteiger partial charge is 0.234 e. The molecular formula is C17H19ClN2OS. The highest BCUT2D eigenvalue weighted by atomic mass is 35.5. The van der Waals surface area contributed by atoms with Gasteiger partial charge in [-0.3, -0.25) is 9.69 Å². The average Bonchev–Trinajstić information content (AvgIpc) is 2.99. The van der Waals surface area contributed by atoms with Crippen LogP contribution in [-0.2, 0) is 17.8 Å². The Balaban J connectivity index is 1.53. The molecule has 1 N–H and O–H groups in total. The fourth-order valence-electron chi connectivity index (χ4n) is 2.82. The van der Waals surface area contributed by atoms with Crippen LogP contribution < -0.4 is 5.32 Å². The van der Waals surface area contributed by atoms with Crippen molar-refractivity contribution in [1.82, 2.24) is 10.2 Å². The van der Waals surface area contributed by atoms with E-state index in [1.165, 1.54) is 10.4 Å². The van der Waals surface area contributed by atoms with E-state index in [2.05, 4.69) is 28.6 Å². The zero-order chi connectivity index (χ0) is 15.5. The standard InChI is InChI=1S/C17H19ClN2OS/c1-12-15-7-9-22-16(15)6-8-20(12)11-17(21)19-10-13-2-4-14(18)5-3-13/h2-5,7,9,12H,6,8,10-11H2,1H3,(H,19,21)/t12-/m1/s1. The summed E-state index contributed by atoms with van der Waals surface area (Å²) in [4.78, 5) is 15.9. The number of thiophene rings is 1. The molecule has 1 aliphatic rings. The molecule has 0 unspecified atom stereocenters. The maximum absolute atomic E-state index is 12.2. The topological polar surface area (TPSA) is 32.3 Å². The largest absolute Gasteiger partial charge is 0.351 e. The van der Waals surface area contributed by atoms with Crippen molar-refractivity contribution >= 4 is 28.8 Å². The van der Waals surface area contributed by atoms with Crippen LogP contribution in [-0.4, -0.2) is 23.9 Å². The van der Waals surface area contributed by atoms with Crippen molar-refractivity contribution in [3.8, 4) is 0 Å². The Hall–Kier alpha value is -1.36. The predicted octanol–water partition coefficient (Wildman–Crippen LogP) is 3.64. The van der Waals surface area contributed by atoms with Gasteiger partial charge in [0.15, 0.2) is 0 Å². The molecule has 2 heterocycles. The number of carbonyl (C=O) groups is 1. The first-order valence-corrected chi connectivity index (χ1v) is 8.70. The maximum Gasteiger partial charge on any atom is 0.234 e. The molecule has 1 amide bonds. The van der Waals surface area contributed by atoms with Crippen LogP contribution in [0.15, 0.2) is 35.7 Å². The molecule has 3 nitrogen and oxygen atoms in total. The zero-order valence-electron chi connectivity index (χ0n) is 12.5. The van der Waals surface area contributed by atoms with Gasteiger partial charge in [0.25, 0.3) is 0 Å². The summed E-state index contributed by atoms with van der Waals surface area (Å²) in [7, 11) is 0. The van der Waals surface area contributed by atoms with Crippen molar-refractivity contribution in [2.45, 2.75) is 25.9 Å². The Morgan fingerprint density at radius 2 is 2.14 bits per heavy atom. The van der Waals surface area contributed by atoms with Crippen molar-refractivity contribution in [1.29, 1.82) is 0 Å². The highest BCUT2D eigenvalue weighted by molar-refractivity contribution is 7.10. The molecule has 0 spiro atoms. The molecule has 1 aliphatic heterocycles. The number of amides is 1. The van der Waals surface area contributed by atoms with E-state index in [-0.39, 0.29) is 5.91 Å². The molecule has 3 rings (SSSR count). The average molecular weight is 335 g/mol. The minimum atomic E-state index is 0.0699. The Morgan fingerprint density at radius 1 is 1.36 bits per heavy atom. The van der Waals surface area contributed by atoms with Crippen LogP contribution in [0.1, 0.15) is 29.0 Å². The van der Waals surface area contributed by atoms with Crippen LogP contribution in [0.4, 0.5) is 0 Å². The number of hydrogen-bond donors (Lipinski definition) is 1. The van der Waals surface area contributed by atoms with Crippen LogP contribution >= 0.6 is 22.9 Å². The van der Waals surface area contributed by atoms with E-state index < -0.39 is 0 Å². The molecule has 0 aliphatic carbocycles. The van der Waals surface area contributed by atoms with Gasteiger partial charge in [-0.2, -0.15) is 0 Å². The molecule has 2 aromatic rings. The van der Waals surface area contributed by atoms with Crippen LogP contribution in [0.25, 0.3) is 0 Å². The molecule has 0 saturated carbocycles. The Kier molecular flexibility index (Phi) is 4.81. The number of halogens is 1. The van der Waals surface area contributed by atoms with Gasteiger partial charge in [-0.1, -0.05) is 23.7 Å². The fraction of sp³-hybridized carbons (Fsp3) is 0.353. The fourth-order valence-corrected chi connectivity index (χ4v) is 3.91. The first-order valence-electron chi connectivity index (χ1n) is 7.45. The first-order chi connectivity index (χ1) is 10.6. The molecule has 0 fully saturated rings. The van der Waals surface area contributed by atoms with Gasteiger partial charge in [-0.15, -0.1) is 11.3 Å². The van der Waals surface area contributed by atoms with E-state index in [1.807, 2.05) is 35.6 Å². The molecule has 1 aromatic carbocycles. The summed E-state index contributed by atoms with van der Waals surface area (Å²) in [5.74, 6) is 0.0699. The predicted molar refractivity (Wildman–Crippen MR) is 91.3 cm³/mol. The van der Waals surface area contributed by atoms with E-state index in [0.29, 0.717) is 24.2 Å². The third kappa shape index (κ3) is 3.51. The Labute approximate surface area is 139 Å². The number of nitrogens with zero attached hydrogens (tertiary/aromatic N) is 1. The van der Waals surface area contributed by atoms with Gasteiger partial charge >= 0.3 is 0 Å². The van der Waals surface area contributed by atoms with E-state index in [9.17, 15) is 4.79 Å². The molecule has 0 radical (unpaired) electrons. The highest BCUT2D eigenvalue weighted by Gasteiger charge is 2.25. The lowest BCUT2D eigenvalue weighted by Gasteiger charge is -2.32. The number of hydrogen-bond acceptors (Lipinski definition) is 3. The third-order valence-electron chi connectivity index (χ3n) is 4.15. The minimum Gasteiger partial charge on any atom is -0.351 e. The van der Waals surface area contributed by atoms with Crippen LogP contribution in [0.5, 0.6) is 0 Å². The molecule has 116 valence electrons. The van der Waals surface area contributed by atoms with Crippen molar-refractivity contribution in [3.63, 3.8) is 0 Å². The van der Waals surface area contributed by atoms with E-state index in [0.717, 1.165) is 18.5 Å². The molecule has 0 saturated heterocycles. The molecular weight excluding hydrogens is 316 g/mol. The minimum absolute atomic E-state index is 0.0699. The normalized spacial score (nSPS) is 18.0. The van der Waals surface area contributed by atoms with Crippen molar-refractivity contribution in [3.05, 3.63) is 56.7 Å². The SMILES string of the molecule is C[C@@H]1c2ccsc2CCN1CC(=O)NCc1ccc(Cl)cc1. The van der Waals surface area contributed by atoms with Gasteiger partial charge in [0.05, 0.1) is 6.54 Å². The lowest BCUT2D eigenvalue weighted by atomic mass is 10.0. The second-order valence-electron chi connectivity index (χ2n) is 5.60. The number of fused-ring (bicyclic) bond motifs is 1. The number of rotatable bonds is 4. The number of benzene rings is 1. The summed E-state index contributed by atoms with van der Waals surface area (Å²) in [6.45, 7) is 4.12. The summed E-state index contributed by atoms with van der Waals surface area (Å²) < 4.78 is 0. The van der Waals surface area contributed by atoms with Crippen molar-refractivity contribution < 1.29 is 4.79 Å². The lowest BCUT2D eigenvalue weighted by molar-refractivity contribution is -0.123. The molecule has 5 heteroatoms. The number of carbonyl (C=O) groups excluding carboxylic acids is 1. The van der Waals surface area contributed by atoms with Gasteiger partial charge in [-0.25, -0.2) is 0 Å². The zero-order valence-corrected chi connectivity index (χ0v) is 14.1. The molecule has 1 aromatic heterocycles. The van der Waals surface area contributed by atoms with Crippen molar-refractivity contribution in [2.75, 3.05) is 13.1 Å². The second kappa shape index (κ2) is 6.82. The van der Waals surface area contributed by atoms with Gasteiger partial charge in [-0.05, 0) is 48.1 Å². The third-order valence-corrected chi connectivity index (χ3v) is 5.40. The van der Waals surface area contributed by atoms with Gasteiger partial charge in [0.2, 0.25) is 5.91 Å². The van der Waals surface area contributed by atoms with Gasteiger partial charge < -0.3 is 5.32 Å². The molecule has 22 heavy (non-hydrogen) atoms. The van der Waals surface area contributed by atoms with Gasteiger partial charge in [0.1, 0.15) is 0 Å². The highest BCUT2D eigenvalue weighted by Crippen LogP contribution is 2.32. The van der Waals surface area contributed by atoms with E-state index in [1.54, 1.807) is 0 Å². The number of nitrogens with one attached hydrogen (secondary N) is 1. The van der Waals surface area contributed by atoms with E-state index >= 15 is 0 Å². The van der Waals surface area contributed by atoms with Gasteiger partial charge in [0, 0.05) is 29.0 Å². The molecule has 0 bridgehead atoms. The van der Waals surface area contributed by atoms with Crippen LogP contribution in [0.3, 0.4) is 0 Å². The Morgan fingerprint density at radius 3 is 2.91 bits per heavy atom. The summed E-state index contributed by atoms with van der Waals surface area (Å²) in [5.41, 5.74) is 2.44.